The number of aliphatic hydroxyl groups excluding tert-OH is 1. The van der Waals surface area contributed by atoms with E-state index in [2.05, 4.69) is 4.98 Å². The maximum absolute atomic E-state index is 12.6. The van der Waals surface area contributed by atoms with Gasteiger partial charge in [0.1, 0.15) is 18.8 Å². The lowest BCUT2D eigenvalue weighted by atomic mass is 9.86. The molecular weight excluding hydrogens is 456 g/mol. The summed E-state index contributed by atoms with van der Waals surface area (Å²) in [5.74, 6) is 0.596. The van der Waals surface area contributed by atoms with E-state index < -0.39 is 18.1 Å². The molecule has 2 aromatic rings. The number of hydrogen-bond acceptors (Lipinski definition) is 7. The number of aliphatic hydroxyl groups is 1. The highest BCUT2D eigenvalue weighted by atomic mass is 16.5. The van der Waals surface area contributed by atoms with Gasteiger partial charge in [0.2, 0.25) is 11.8 Å². The third kappa shape index (κ3) is 6.56. The van der Waals surface area contributed by atoms with Crippen molar-refractivity contribution in [3.63, 3.8) is 0 Å². The molecule has 4 rings (SSSR count). The van der Waals surface area contributed by atoms with E-state index in [1.54, 1.807) is 48.8 Å². The molecule has 8 nitrogen and oxygen atoms in total. The van der Waals surface area contributed by atoms with E-state index in [-0.39, 0.29) is 19.0 Å². The quantitative estimate of drug-likeness (QED) is 0.347. The molecule has 0 saturated heterocycles. The second-order valence-electron chi connectivity index (χ2n) is 9.71. The van der Waals surface area contributed by atoms with Crippen LogP contribution in [0.5, 0.6) is 0 Å². The number of unbranched alkanes of at least 4 members (excludes halogenated alkanes) is 1. The molecule has 1 fully saturated rings. The number of benzene rings is 1. The molecule has 36 heavy (non-hydrogen) atoms. The number of pyridine rings is 1. The summed E-state index contributed by atoms with van der Waals surface area (Å²) in [6.07, 6.45) is 12.6. The highest BCUT2D eigenvalue weighted by molar-refractivity contribution is 6.09. The molecular formula is C28H36N4O4. The van der Waals surface area contributed by atoms with E-state index >= 15 is 0 Å². The van der Waals surface area contributed by atoms with Crippen molar-refractivity contribution in [2.75, 3.05) is 19.8 Å². The topological polar surface area (TPSA) is 118 Å². The molecule has 0 unspecified atom stereocenters. The summed E-state index contributed by atoms with van der Waals surface area (Å²) in [4.78, 5) is 35.3. The molecule has 192 valence electrons. The maximum atomic E-state index is 12.6. The SMILES string of the molecule is NC(=O)[C@H](CO)N(CCCCC1CCCCC1)[C@@H]1COC(c2ccc(C(=O)c3cccnc3)cc2)=N1. The van der Waals surface area contributed by atoms with Gasteiger partial charge in [-0.1, -0.05) is 57.1 Å². The van der Waals surface area contributed by atoms with Crippen LogP contribution in [0.1, 0.15) is 72.9 Å². The first-order chi connectivity index (χ1) is 17.6. The Kier molecular flexibility index (Phi) is 9.19. The molecule has 1 amide bonds. The molecule has 1 aliphatic carbocycles. The smallest absolute Gasteiger partial charge is 0.237 e. The Morgan fingerprint density at radius 1 is 1.08 bits per heavy atom. The Hall–Kier alpha value is -3.10. The number of amides is 1. The number of ether oxygens (including phenoxy) is 1. The second kappa shape index (κ2) is 12.7. The molecule has 1 aliphatic heterocycles. The number of nitrogens with zero attached hydrogens (tertiary/aromatic N) is 3. The van der Waals surface area contributed by atoms with Gasteiger partial charge in [0, 0.05) is 35.6 Å². The van der Waals surface area contributed by atoms with Crippen LogP contribution in [0.4, 0.5) is 0 Å². The number of ketones is 1. The van der Waals surface area contributed by atoms with Crippen LogP contribution in [0.3, 0.4) is 0 Å². The largest absolute Gasteiger partial charge is 0.474 e. The number of aliphatic imine (C=N–C) groups is 1. The molecule has 0 spiro atoms. The van der Waals surface area contributed by atoms with Crippen molar-refractivity contribution >= 4 is 17.6 Å². The van der Waals surface area contributed by atoms with Crippen molar-refractivity contribution in [2.24, 2.45) is 16.6 Å². The zero-order chi connectivity index (χ0) is 25.3. The van der Waals surface area contributed by atoms with Gasteiger partial charge in [-0.15, -0.1) is 0 Å². The summed E-state index contributed by atoms with van der Waals surface area (Å²) in [6.45, 7) is 0.535. The first kappa shape index (κ1) is 26.0. The second-order valence-corrected chi connectivity index (χ2v) is 9.71. The van der Waals surface area contributed by atoms with Crippen LogP contribution in [-0.4, -0.2) is 64.5 Å². The lowest BCUT2D eigenvalue weighted by Crippen LogP contribution is -2.52. The maximum Gasteiger partial charge on any atom is 0.237 e. The molecule has 3 N–H and O–H groups in total. The summed E-state index contributed by atoms with van der Waals surface area (Å²) in [6, 6.07) is 9.75. The molecule has 2 heterocycles. The number of primary amides is 1. The summed E-state index contributed by atoms with van der Waals surface area (Å²) in [5.41, 5.74) is 7.44. The molecule has 8 heteroatoms. The van der Waals surface area contributed by atoms with Crippen LogP contribution in [0.2, 0.25) is 0 Å². The van der Waals surface area contributed by atoms with Crippen LogP contribution in [0, 0.1) is 5.92 Å². The van der Waals surface area contributed by atoms with Crippen LogP contribution in [0.15, 0.2) is 53.8 Å². The number of aromatic nitrogens is 1. The van der Waals surface area contributed by atoms with Crippen LogP contribution in [0.25, 0.3) is 0 Å². The molecule has 2 atom stereocenters. The van der Waals surface area contributed by atoms with Gasteiger partial charge >= 0.3 is 0 Å². The van der Waals surface area contributed by atoms with Crippen molar-refractivity contribution < 1.29 is 19.4 Å². The highest BCUT2D eigenvalue weighted by Crippen LogP contribution is 2.28. The number of carbonyl (C=O) groups excluding carboxylic acids is 2. The van der Waals surface area contributed by atoms with E-state index in [4.69, 9.17) is 15.5 Å². The highest BCUT2D eigenvalue weighted by Gasteiger charge is 2.33. The van der Waals surface area contributed by atoms with Crippen LogP contribution >= 0.6 is 0 Å². The minimum absolute atomic E-state index is 0.103. The first-order valence-electron chi connectivity index (χ1n) is 13.0. The fraction of sp³-hybridized carbons (Fsp3) is 0.500. The molecule has 1 aromatic carbocycles. The predicted molar refractivity (Wildman–Crippen MR) is 138 cm³/mol. The van der Waals surface area contributed by atoms with E-state index in [9.17, 15) is 14.7 Å². The van der Waals surface area contributed by atoms with E-state index in [1.807, 2.05) is 4.90 Å². The normalized spacial score (nSPS) is 19.1. The summed E-state index contributed by atoms with van der Waals surface area (Å²) in [7, 11) is 0. The van der Waals surface area contributed by atoms with Gasteiger partial charge in [0.15, 0.2) is 5.78 Å². The number of carbonyl (C=O) groups is 2. The standard InChI is InChI=1S/C28H36N4O4/c29-27(35)24(18-33)32(16-5-4-9-20-7-2-1-3-8-20)25-19-36-28(31-25)22-13-11-21(12-14-22)26(34)23-10-6-15-30-17-23/h6,10-15,17,20,24-25,33H,1-5,7-9,16,18-19H2,(H2,29,35)/t24-,25+/m0/s1. The summed E-state index contributed by atoms with van der Waals surface area (Å²) in [5, 5.41) is 9.88. The molecule has 0 bridgehead atoms. The molecule has 1 saturated carbocycles. The summed E-state index contributed by atoms with van der Waals surface area (Å²) >= 11 is 0. The Labute approximate surface area is 212 Å². The van der Waals surface area contributed by atoms with Crippen molar-refractivity contribution in [3.05, 3.63) is 65.5 Å². The fourth-order valence-electron chi connectivity index (χ4n) is 5.19. The Morgan fingerprint density at radius 2 is 1.86 bits per heavy atom. The van der Waals surface area contributed by atoms with Gasteiger partial charge in [-0.2, -0.15) is 0 Å². The number of hydrogen-bond donors (Lipinski definition) is 2. The van der Waals surface area contributed by atoms with Crippen LogP contribution < -0.4 is 5.73 Å². The first-order valence-corrected chi connectivity index (χ1v) is 13.0. The van der Waals surface area contributed by atoms with Crippen molar-refractivity contribution in [2.45, 2.75) is 63.6 Å². The third-order valence-corrected chi connectivity index (χ3v) is 7.24. The van der Waals surface area contributed by atoms with Gasteiger partial charge in [-0.3, -0.25) is 19.5 Å². The van der Waals surface area contributed by atoms with Crippen molar-refractivity contribution in [1.82, 2.24) is 9.88 Å². The number of rotatable bonds is 12. The molecule has 1 aromatic heterocycles. The van der Waals surface area contributed by atoms with Crippen molar-refractivity contribution in [3.8, 4) is 0 Å². The molecule has 0 radical (unpaired) electrons. The summed E-state index contributed by atoms with van der Waals surface area (Å²) < 4.78 is 5.87. The lowest BCUT2D eigenvalue weighted by molar-refractivity contribution is -0.125. The minimum atomic E-state index is -0.809. The Balaban J connectivity index is 1.40. The van der Waals surface area contributed by atoms with Gasteiger partial charge in [0.25, 0.3) is 0 Å². The van der Waals surface area contributed by atoms with Gasteiger partial charge in [-0.25, -0.2) is 4.99 Å². The zero-order valence-corrected chi connectivity index (χ0v) is 20.7. The lowest BCUT2D eigenvalue weighted by Gasteiger charge is -2.31. The van der Waals surface area contributed by atoms with Crippen LogP contribution in [-0.2, 0) is 9.53 Å². The van der Waals surface area contributed by atoms with Gasteiger partial charge in [-0.05, 0) is 36.6 Å². The van der Waals surface area contributed by atoms with E-state index in [0.29, 0.717) is 23.6 Å². The monoisotopic (exact) mass is 492 g/mol. The van der Waals surface area contributed by atoms with Crippen molar-refractivity contribution in [1.29, 1.82) is 0 Å². The third-order valence-electron chi connectivity index (χ3n) is 7.24. The van der Waals surface area contributed by atoms with E-state index in [0.717, 1.165) is 24.3 Å². The predicted octanol–water partition coefficient (Wildman–Crippen LogP) is 3.31. The molecule has 2 aliphatic rings. The Morgan fingerprint density at radius 3 is 2.53 bits per heavy atom. The van der Waals surface area contributed by atoms with Gasteiger partial charge in [0.05, 0.1) is 6.61 Å². The average molecular weight is 493 g/mol. The fourth-order valence-corrected chi connectivity index (χ4v) is 5.19. The minimum Gasteiger partial charge on any atom is -0.474 e. The zero-order valence-electron chi connectivity index (χ0n) is 20.7. The van der Waals surface area contributed by atoms with E-state index in [1.165, 1.54) is 38.5 Å². The Bertz CT molecular complexity index is 1040. The average Bonchev–Trinajstić information content (AvgIpc) is 3.41. The van der Waals surface area contributed by atoms with Gasteiger partial charge < -0.3 is 15.6 Å². The number of nitrogens with two attached hydrogens (primary N) is 1.